The summed E-state index contributed by atoms with van der Waals surface area (Å²) in [5.41, 5.74) is 15.6. The fourth-order valence-corrected chi connectivity index (χ4v) is 9.03. The molecule has 3 aliphatic rings. The second kappa shape index (κ2) is 15.2. The van der Waals surface area contributed by atoms with Crippen LogP contribution >= 0.6 is 0 Å². The maximum absolute atomic E-state index is 2.49. The van der Waals surface area contributed by atoms with Crippen LogP contribution in [0.25, 0.3) is 34.4 Å². The van der Waals surface area contributed by atoms with E-state index < -0.39 is 0 Å². The van der Waals surface area contributed by atoms with Gasteiger partial charge in [-0.15, -0.1) is 0 Å². The highest BCUT2D eigenvalue weighted by molar-refractivity contribution is 5.86. The van der Waals surface area contributed by atoms with Gasteiger partial charge in [0.2, 0.25) is 0 Å². The lowest BCUT2D eigenvalue weighted by atomic mass is 9.68. The standard InChI is InChI=1S/C55H49N/c1-39-16-7-10-23-48(39)54(45-33-35-55(2)34-14-13-22-46(55)37-45)51-25-12-9-20-43(51)36-40-27-30-47(31-28-40)56(3)53-32-29-44(38-52(53)42-17-5-4-6-18-42)50-26-15-21-41-19-8-11-24-49(41)50/h4-13,16-25,27-33,36-38H,14-15,26,34-35H2,1-3H3/b43-36+,54-51-. The van der Waals surface area contributed by atoms with E-state index in [9.17, 15) is 0 Å². The predicted octanol–water partition coefficient (Wildman–Crippen LogP) is 10.8. The minimum atomic E-state index is 0.221. The smallest absolute Gasteiger partial charge is 0.0488 e. The highest BCUT2D eigenvalue weighted by atomic mass is 15.1. The average molecular weight is 724 g/mol. The van der Waals surface area contributed by atoms with Crippen molar-refractivity contribution in [2.45, 2.75) is 46.0 Å². The quantitative estimate of drug-likeness (QED) is 0.159. The Labute approximate surface area is 332 Å². The van der Waals surface area contributed by atoms with Gasteiger partial charge in [-0.25, -0.2) is 0 Å². The molecule has 0 N–H and O–H groups in total. The lowest BCUT2D eigenvalue weighted by Gasteiger charge is -2.36. The molecule has 0 amide bonds. The first kappa shape index (κ1) is 35.5. The van der Waals surface area contributed by atoms with Crippen molar-refractivity contribution in [3.8, 4) is 11.1 Å². The Bertz CT molecular complexity index is 2800. The van der Waals surface area contributed by atoms with E-state index in [-0.39, 0.29) is 5.41 Å². The van der Waals surface area contributed by atoms with Gasteiger partial charge in [-0.1, -0.05) is 159 Å². The van der Waals surface area contributed by atoms with E-state index in [4.69, 9.17) is 0 Å². The van der Waals surface area contributed by atoms with E-state index in [0.29, 0.717) is 0 Å². The van der Waals surface area contributed by atoms with Crippen LogP contribution < -0.4 is 25.8 Å². The predicted molar refractivity (Wildman–Crippen MR) is 238 cm³/mol. The monoisotopic (exact) mass is 723 g/mol. The van der Waals surface area contributed by atoms with Crippen LogP contribution in [0, 0.1) is 12.3 Å². The molecule has 1 unspecified atom stereocenters. The van der Waals surface area contributed by atoms with Crippen molar-refractivity contribution in [1.29, 1.82) is 0 Å². The van der Waals surface area contributed by atoms with Gasteiger partial charge in [-0.05, 0) is 146 Å². The number of fused-ring (bicyclic) bond motifs is 2. The third-order valence-corrected chi connectivity index (χ3v) is 12.3. The van der Waals surface area contributed by atoms with Crippen LogP contribution in [0.3, 0.4) is 0 Å². The van der Waals surface area contributed by atoms with Crippen LogP contribution in [0.1, 0.15) is 61.3 Å². The second-order valence-corrected chi connectivity index (χ2v) is 15.9. The lowest BCUT2D eigenvalue weighted by molar-refractivity contribution is 0.368. The first-order chi connectivity index (χ1) is 27.4. The summed E-state index contributed by atoms with van der Waals surface area (Å²) in [6.45, 7) is 4.67. The molecule has 6 aromatic rings. The van der Waals surface area contributed by atoms with Gasteiger partial charge in [0.15, 0.2) is 0 Å². The van der Waals surface area contributed by atoms with Gasteiger partial charge in [-0.3, -0.25) is 0 Å². The Morgan fingerprint density at radius 2 is 1.48 bits per heavy atom. The number of benzene rings is 6. The number of anilines is 2. The van der Waals surface area contributed by atoms with E-state index in [1.807, 2.05) is 0 Å². The molecule has 0 spiro atoms. The summed E-state index contributed by atoms with van der Waals surface area (Å²) in [6, 6.07) is 53.5. The molecule has 0 fully saturated rings. The average Bonchev–Trinajstić information content (AvgIpc) is 3.25. The Balaban J connectivity index is 1.12. The molecule has 0 radical (unpaired) electrons. The van der Waals surface area contributed by atoms with E-state index in [2.05, 4.69) is 208 Å². The van der Waals surface area contributed by atoms with Gasteiger partial charge in [0.1, 0.15) is 0 Å². The second-order valence-electron chi connectivity index (χ2n) is 15.9. The highest BCUT2D eigenvalue weighted by Gasteiger charge is 2.31. The molecule has 0 saturated heterocycles. The first-order valence-electron chi connectivity index (χ1n) is 20.2. The van der Waals surface area contributed by atoms with Crippen molar-refractivity contribution in [2.75, 3.05) is 11.9 Å². The molecule has 0 aliphatic heterocycles. The van der Waals surface area contributed by atoms with E-state index in [1.165, 1.54) is 88.7 Å². The molecule has 1 atom stereocenters. The van der Waals surface area contributed by atoms with Gasteiger partial charge in [0.25, 0.3) is 0 Å². The molecule has 1 nitrogen and oxygen atoms in total. The van der Waals surface area contributed by atoms with Gasteiger partial charge >= 0.3 is 0 Å². The minimum absolute atomic E-state index is 0.221. The fraction of sp³-hybridized carbons (Fsp3) is 0.164. The summed E-state index contributed by atoms with van der Waals surface area (Å²) in [6.07, 6.45) is 19.9. The van der Waals surface area contributed by atoms with Crippen molar-refractivity contribution >= 4 is 34.7 Å². The largest absolute Gasteiger partial charge is 0.344 e. The van der Waals surface area contributed by atoms with Gasteiger partial charge < -0.3 is 4.90 Å². The number of aryl methyl sites for hydroxylation is 1. The van der Waals surface area contributed by atoms with Gasteiger partial charge in [-0.2, -0.15) is 0 Å². The third kappa shape index (κ3) is 6.84. The normalized spacial score (nSPS) is 18.3. The van der Waals surface area contributed by atoms with Crippen LogP contribution in [-0.4, -0.2) is 7.05 Å². The fourth-order valence-electron chi connectivity index (χ4n) is 9.03. The first-order valence-corrected chi connectivity index (χ1v) is 20.2. The molecule has 0 bridgehead atoms. The number of hydrogen-bond acceptors (Lipinski definition) is 1. The van der Waals surface area contributed by atoms with Crippen LogP contribution in [0.15, 0.2) is 181 Å². The van der Waals surface area contributed by atoms with Crippen LogP contribution in [0.2, 0.25) is 0 Å². The number of hydrogen-bond donors (Lipinski definition) is 0. The van der Waals surface area contributed by atoms with Crippen molar-refractivity contribution in [2.24, 2.45) is 5.41 Å². The summed E-state index contributed by atoms with van der Waals surface area (Å²) >= 11 is 0. The molecule has 274 valence electrons. The molecule has 3 aliphatic carbocycles. The molecule has 56 heavy (non-hydrogen) atoms. The summed E-state index contributed by atoms with van der Waals surface area (Å²) in [4.78, 5) is 2.33. The van der Waals surface area contributed by atoms with E-state index >= 15 is 0 Å². The zero-order chi connectivity index (χ0) is 38.1. The Kier molecular flexibility index (Phi) is 9.61. The Hall–Kier alpha value is -6.18. The zero-order valence-corrected chi connectivity index (χ0v) is 32.8. The molecular weight excluding hydrogens is 675 g/mol. The molecular formula is C55H49N. The SMILES string of the molecule is Cc1ccccc1/C(C1=CCC2(C)CCC=CC2=C1)=c1/cccc/c1=C\c1ccc(N(C)c2ccc(C3=c4ccccc4=CCC3)cc2-c2ccccc2)cc1. The maximum Gasteiger partial charge on any atom is 0.0488 e. The van der Waals surface area contributed by atoms with Crippen LogP contribution in [0.4, 0.5) is 11.4 Å². The van der Waals surface area contributed by atoms with Gasteiger partial charge in [0, 0.05) is 24.0 Å². The maximum atomic E-state index is 2.49. The Morgan fingerprint density at radius 3 is 2.34 bits per heavy atom. The summed E-state index contributed by atoms with van der Waals surface area (Å²) in [7, 11) is 2.19. The molecule has 6 aromatic carbocycles. The number of nitrogens with zero attached hydrogens (tertiary/aromatic N) is 1. The molecule has 9 rings (SSSR count). The Morgan fingerprint density at radius 1 is 0.714 bits per heavy atom. The number of allylic oxidation sites excluding steroid dienone is 6. The van der Waals surface area contributed by atoms with Crippen molar-refractivity contribution in [1.82, 2.24) is 0 Å². The minimum Gasteiger partial charge on any atom is -0.344 e. The topological polar surface area (TPSA) is 3.24 Å². The van der Waals surface area contributed by atoms with Crippen LogP contribution in [-0.2, 0) is 0 Å². The van der Waals surface area contributed by atoms with Crippen molar-refractivity contribution in [3.63, 3.8) is 0 Å². The van der Waals surface area contributed by atoms with E-state index in [1.54, 1.807) is 0 Å². The van der Waals surface area contributed by atoms with Crippen molar-refractivity contribution < 1.29 is 0 Å². The summed E-state index contributed by atoms with van der Waals surface area (Å²) in [5.74, 6) is 0. The highest BCUT2D eigenvalue weighted by Crippen LogP contribution is 2.45. The summed E-state index contributed by atoms with van der Waals surface area (Å²) in [5, 5.41) is 5.18. The molecule has 1 heteroatoms. The molecule has 0 heterocycles. The third-order valence-electron chi connectivity index (χ3n) is 12.3. The summed E-state index contributed by atoms with van der Waals surface area (Å²) < 4.78 is 0. The van der Waals surface area contributed by atoms with E-state index in [0.717, 1.165) is 31.4 Å². The molecule has 0 saturated carbocycles. The lowest BCUT2D eigenvalue weighted by Crippen LogP contribution is -2.29. The number of rotatable bonds is 7. The van der Waals surface area contributed by atoms with Gasteiger partial charge in [0.05, 0.1) is 0 Å². The zero-order valence-electron chi connectivity index (χ0n) is 32.8. The molecule has 0 aromatic heterocycles. The van der Waals surface area contributed by atoms with Crippen molar-refractivity contribution in [3.05, 3.63) is 224 Å². The van der Waals surface area contributed by atoms with Crippen LogP contribution in [0.5, 0.6) is 0 Å².